The van der Waals surface area contributed by atoms with Crippen LogP contribution in [-0.4, -0.2) is 52.6 Å². The van der Waals surface area contributed by atoms with Crippen LogP contribution in [0.1, 0.15) is 41.3 Å². The number of halogens is 4. The third kappa shape index (κ3) is 5.13. The number of anilines is 1. The molecule has 0 saturated heterocycles. The summed E-state index contributed by atoms with van der Waals surface area (Å²) in [6, 6.07) is 0.579. The van der Waals surface area contributed by atoms with Gasteiger partial charge in [0.25, 0.3) is 5.91 Å². The van der Waals surface area contributed by atoms with Gasteiger partial charge in [-0.2, -0.15) is 22.8 Å². The Bertz CT molecular complexity index is 1320. The molecule has 0 aliphatic heterocycles. The molecule has 0 aliphatic carbocycles. The second-order valence-corrected chi connectivity index (χ2v) is 7.35. The molecule has 0 aromatic carbocycles. The molecule has 35 heavy (non-hydrogen) atoms. The zero-order valence-corrected chi connectivity index (χ0v) is 19.0. The third-order valence-electron chi connectivity index (χ3n) is 5.08. The van der Waals surface area contributed by atoms with Crippen molar-refractivity contribution in [1.29, 1.82) is 0 Å². The first-order valence-electron chi connectivity index (χ1n) is 10.2. The predicted octanol–water partition coefficient (Wildman–Crippen LogP) is 2.07. The van der Waals surface area contributed by atoms with Gasteiger partial charge in [-0.05, 0) is 33.8 Å². The summed E-state index contributed by atoms with van der Waals surface area (Å²) in [6.45, 7) is 4.90. The number of nitrogens with zero attached hydrogens (tertiary/aromatic N) is 6. The number of aryl methyl sites for hydroxylation is 1. The molecule has 3 heterocycles. The van der Waals surface area contributed by atoms with Crippen molar-refractivity contribution in [2.45, 2.75) is 53.1 Å². The molecule has 0 unspecified atom stereocenters. The number of amides is 1. The van der Waals surface area contributed by atoms with Gasteiger partial charge < -0.3 is 15.2 Å². The Morgan fingerprint density at radius 2 is 1.97 bits per heavy atom. The number of nitrogens with one attached hydrogen (secondary N) is 1. The minimum atomic E-state index is -4.84. The molecule has 11 nitrogen and oxygen atoms in total. The number of aliphatic hydroxyl groups excluding tert-OH is 1. The molecular weight excluding hydrogens is 478 g/mol. The lowest BCUT2D eigenvalue weighted by Crippen LogP contribution is -2.33. The van der Waals surface area contributed by atoms with Crippen molar-refractivity contribution < 1.29 is 32.2 Å². The summed E-state index contributed by atoms with van der Waals surface area (Å²) in [5.74, 6) is -4.09. The zero-order chi connectivity index (χ0) is 26.1. The van der Waals surface area contributed by atoms with Crippen LogP contribution < -0.4 is 15.7 Å². The molecule has 0 bridgehead atoms. The fourth-order valence-corrected chi connectivity index (χ4v) is 2.95. The van der Waals surface area contributed by atoms with E-state index in [9.17, 15) is 27.9 Å². The van der Waals surface area contributed by atoms with Crippen LogP contribution in [0.4, 0.5) is 23.4 Å². The zero-order valence-electron chi connectivity index (χ0n) is 19.0. The Kier molecular flexibility index (Phi) is 7.19. The Morgan fingerprint density at radius 3 is 2.54 bits per heavy atom. The molecule has 15 heteroatoms. The van der Waals surface area contributed by atoms with Crippen molar-refractivity contribution in [3.05, 3.63) is 51.3 Å². The molecule has 0 fully saturated rings. The van der Waals surface area contributed by atoms with Crippen LogP contribution in [0.2, 0.25) is 0 Å². The van der Waals surface area contributed by atoms with Crippen LogP contribution in [0.15, 0.2) is 17.2 Å². The lowest BCUT2D eigenvalue weighted by molar-refractivity contribution is -0.190. The second-order valence-electron chi connectivity index (χ2n) is 7.35. The van der Waals surface area contributed by atoms with Gasteiger partial charge in [0.1, 0.15) is 24.3 Å². The number of alkyl halides is 3. The van der Waals surface area contributed by atoms with E-state index in [2.05, 4.69) is 25.4 Å². The van der Waals surface area contributed by atoms with Crippen LogP contribution in [0.5, 0.6) is 5.88 Å². The summed E-state index contributed by atoms with van der Waals surface area (Å²) in [7, 11) is 0. The van der Waals surface area contributed by atoms with Crippen LogP contribution in [-0.2, 0) is 13.2 Å². The fraction of sp³-hybridized carbons (Fsp3) is 0.400. The molecule has 188 valence electrons. The highest BCUT2D eigenvalue weighted by atomic mass is 19.4. The Morgan fingerprint density at radius 1 is 1.29 bits per heavy atom. The van der Waals surface area contributed by atoms with E-state index in [1.807, 2.05) is 0 Å². The van der Waals surface area contributed by atoms with Gasteiger partial charge in [-0.25, -0.2) is 19.2 Å². The van der Waals surface area contributed by atoms with E-state index in [0.29, 0.717) is 28.9 Å². The summed E-state index contributed by atoms with van der Waals surface area (Å²) < 4.78 is 60.9. The standard InChI is InChI=1S/C20H21F4N7O4/c1-5-30-14(7-32)29-31(19(30)34)16-13(21)6-12(18(28-16)35-11(4)20(22,23)24)17(33)27-15-9(2)10(3)25-8-26-15/h6,8,11,32H,5,7H2,1-4H3,(H,25,26,27,33)/t11-/m0/s1. The number of ether oxygens (including phenoxy) is 1. The van der Waals surface area contributed by atoms with Crippen molar-refractivity contribution in [1.82, 2.24) is 29.3 Å². The predicted molar refractivity (Wildman–Crippen MR) is 113 cm³/mol. The van der Waals surface area contributed by atoms with Gasteiger partial charge in [-0.3, -0.25) is 9.36 Å². The van der Waals surface area contributed by atoms with Gasteiger partial charge in [0.15, 0.2) is 23.6 Å². The van der Waals surface area contributed by atoms with Crippen molar-refractivity contribution in [2.24, 2.45) is 0 Å². The van der Waals surface area contributed by atoms with E-state index in [-0.39, 0.29) is 18.2 Å². The maximum atomic E-state index is 15.0. The van der Waals surface area contributed by atoms with Gasteiger partial charge in [-0.15, -0.1) is 5.10 Å². The molecule has 3 aromatic heterocycles. The number of hydrogen-bond acceptors (Lipinski definition) is 8. The molecule has 0 radical (unpaired) electrons. The van der Waals surface area contributed by atoms with Crippen LogP contribution in [0.25, 0.3) is 5.82 Å². The second kappa shape index (κ2) is 9.77. The number of aromatic nitrogens is 6. The fourth-order valence-electron chi connectivity index (χ4n) is 2.95. The third-order valence-corrected chi connectivity index (χ3v) is 5.08. The normalized spacial score (nSPS) is 12.5. The molecular formula is C20H21F4N7O4. The van der Waals surface area contributed by atoms with Crippen molar-refractivity contribution in [3.63, 3.8) is 0 Å². The smallest absolute Gasteiger partial charge is 0.425 e. The quantitative estimate of drug-likeness (QED) is 0.472. The van der Waals surface area contributed by atoms with E-state index in [1.165, 1.54) is 0 Å². The molecule has 0 saturated carbocycles. The highest BCUT2D eigenvalue weighted by Crippen LogP contribution is 2.28. The van der Waals surface area contributed by atoms with Gasteiger partial charge >= 0.3 is 11.9 Å². The maximum Gasteiger partial charge on any atom is 0.425 e. The summed E-state index contributed by atoms with van der Waals surface area (Å²) in [5.41, 5.74) is -0.571. The molecule has 0 aliphatic rings. The van der Waals surface area contributed by atoms with E-state index in [1.54, 1.807) is 20.8 Å². The monoisotopic (exact) mass is 499 g/mol. The Hall–Kier alpha value is -3.88. The van der Waals surface area contributed by atoms with Crippen LogP contribution in [0.3, 0.4) is 0 Å². The number of rotatable bonds is 7. The molecule has 1 amide bonds. The number of carbonyl (C=O) groups is 1. The summed E-state index contributed by atoms with van der Waals surface area (Å²) in [5, 5.41) is 15.6. The molecule has 0 spiro atoms. The largest absolute Gasteiger partial charge is 0.464 e. The van der Waals surface area contributed by atoms with E-state index in [0.717, 1.165) is 10.9 Å². The summed E-state index contributed by atoms with van der Waals surface area (Å²) in [4.78, 5) is 37.0. The molecule has 3 rings (SSSR count). The summed E-state index contributed by atoms with van der Waals surface area (Å²) >= 11 is 0. The van der Waals surface area contributed by atoms with Crippen LogP contribution >= 0.6 is 0 Å². The Labute approximate surface area is 195 Å². The first-order valence-corrected chi connectivity index (χ1v) is 10.2. The van der Waals surface area contributed by atoms with E-state index < -0.39 is 53.6 Å². The van der Waals surface area contributed by atoms with Gasteiger partial charge in [-0.1, -0.05) is 0 Å². The van der Waals surface area contributed by atoms with Crippen LogP contribution in [0, 0.1) is 19.7 Å². The number of hydrogen-bond donors (Lipinski definition) is 2. The van der Waals surface area contributed by atoms with Crippen molar-refractivity contribution in [3.8, 4) is 11.7 Å². The van der Waals surface area contributed by atoms with E-state index >= 15 is 4.39 Å². The number of aliphatic hydroxyl groups is 1. The van der Waals surface area contributed by atoms with Gasteiger partial charge in [0.2, 0.25) is 5.88 Å². The SMILES string of the molecule is CCn1c(CO)nn(-c2nc(O[C@@H](C)C(F)(F)F)c(C(=O)Nc3ncnc(C)c3C)cc2F)c1=O. The van der Waals surface area contributed by atoms with Gasteiger partial charge in [0.05, 0.1) is 0 Å². The molecule has 3 aromatic rings. The van der Waals surface area contributed by atoms with E-state index in [4.69, 9.17) is 4.74 Å². The number of pyridine rings is 1. The highest BCUT2D eigenvalue weighted by Gasteiger charge is 2.39. The maximum absolute atomic E-state index is 15.0. The Balaban J connectivity index is 2.14. The lowest BCUT2D eigenvalue weighted by atomic mass is 10.2. The van der Waals surface area contributed by atoms with Crippen molar-refractivity contribution >= 4 is 11.7 Å². The van der Waals surface area contributed by atoms with Gasteiger partial charge in [0, 0.05) is 17.8 Å². The lowest BCUT2D eigenvalue weighted by Gasteiger charge is -2.19. The minimum absolute atomic E-state index is 0.0484. The molecule has 1 atom stereocenters. The van der Waals surface area contributed by atoms with Crippen molar-refractivity contribution in [2.75, 3.05) is 5.32 Å². The number of carbonyl (C=O) groups excluding carboxylic acids is 1. The average Bonchev–Trinajstić information content (AvgIpc) is 3.12. The average molecular weight is 499 g/mol. The minimum Gasteiger partial charge on any atom is -0.464 e. The first-order chi connectivity index (χ1) is 16.4. The topological polar surface area (TPSA) is 137 Å². The summed E-state index contributed by atoms with van der Waals surface area (Å²) in [6.07, 6.45) is -6.10. The first kappa shape index (κ1) is 25.7. The molecule has 2 N–H and O–H groups in total. The highest BCUT2D eigenvalue weighted by molar-refractivity contribution is 6.05.